The number of rotatable bonds is 3. The fraction of sp³-hybridized carbons (Fsp3) is 0.368. The number of hydrogen-bond donors (Lipinski definition) is 1. The first-order chi connectivity index (χ1) is 12.9. The van der Waals surface area contributed by atoms with E-state index in [1.165, 1.54) is 18.4 Å². The van der Waals surface area contributed by atoms with Crippen molar-refractivity contribution in [1.29, 1.82) is 0 Å². The molecule has 0 atom stereocenters. The number of hydrogen-bond acceptors (Lipinski definition) is 5. The molecular weight excluding hydrogens is 402 g/mol. The largest absolute Gasteiger partial charge is 0.465 e. The lowest BCUT2D eigenvalue weighted by atomic mass is 10.1. The SMILES string of the molecule is COC(=O)c1c(NC(=S)N2CCN(c3cccc(Cl)c3)CC2)sc(C)c1C. The zero-order valence-electron chi connectivity index (χ0n) is 15.5. The molecule has 0 saturated carbocycles. The molecule has 0 amide bonds. The highest BCUT2D eigenvalue weighted by Crippen LogP contribution is 2.33. The van der Waals surface area contributed by atoms with Crippen LogP contribution in [-0.2, 0) is 4.74 Å². The summed E-state index contributed by atoms with van der Waals surface area (Å²) in [6.45, 7) is 7.23. The molecule has 0 spiro atoms. The average Bonchev–Trinajstić information content (AvgIpc) is 2.94. The van der Waals surface area contributed by atoms with E-state index < -0.39 is 0 Å². The highest BCUT2D eigenvalue weighted by atomic mass is 35.5. The van der Waals surface area contributed by atoms with Crippen LogP contribution >= 0.6 is 35.2 Å². The third kappa shape index (κ3) is 4.36. The number of nitrogens with zero attached hydrogens (tertiary/aromatic N) is 2. The normalized spacial score (nSPS) is 14.2. The minimum absolute atomic E-state index is 0.340. The van der Waals surface area contributed by atoms with Gasteiger partial charge in [0, 0.05) is 41.8 Å². The average molecular weight is 424 g/mol. The number of thiophene rings is 1. The van der Waals surface area contributed by atoms with Crippen molar-refractivity contribution in [2.75, 3.05) is 43.5 Å². The van der Waals surface area contributed by atoms with Crippen LogP contribution in [0, 0.1) is 13.8 Å². The van der Waals surface area contributed by atoms with E-state index in [-0.39, 0.29) is 5.97 Å². The van der Waals surface area contributed by atoms with Crippen LogP contribution in [0.15, 0.2) is 24.3 Å². The number of halogens is 1. The summed E-state index contributed by atoms with van der Waals surface area (Å²) in [6.07, 6.45) is 0. The Hall–Kier alpha value is -1.83. The van der Waals surface area contributed by atoms with E-state index in [4.69, 9.17) is 28.6 Å². The minimum Gasteiger partial charge on any atom is -0.465 e. The molecule has 0 aliphatic carbocycles. The molecule has 2 aromatic rings. The van der Waals surface area contributed by atoms with Gasteiger partial charge in [-0.15, -0.1) is 11.3 Å². The molecule has 0 bridgehead atoms. The molecule has 1 N–H and O–H groups in total. The van der Waals surface area contributed by atoms with Crippen LogP contribution in [0.25, 0.3) is 0 Å². The summed E-state index contributed by atoms with van der Waals surface area (Å²) < 4.78 is 4.92. The molecule has 27 heavy (non-hydrogen) atoms. The van der Waals surface area contributed by atoms with E-state index in [1.54, 1.807) is 0 Å². The lowest BCUT2D eigenvalue weighted by Gasteiger charge is -2.37. The van der Waals surface area contributed by atoms with Gasteiger partial charge in [0.05, 0.1) is 12.7 Å². The molecule has 8 heteroatoms. The number of ether oxygens (including phenoxy) is 1. The van der Waals surface area contributed by atoms with Crippen LogP contribution < -0.4 is 10.2 Å². The summed E-state index contributed by atoms with van der Waals surface area (Å²) >= 11 is 13.2. The highest BCUT2D eigenvalue weighted by molar-refractivity contribution is 7.80. The monoisotopic (exact) mass is 423 g/mol. The van der Waals surface area contributed by atoms with E-state index in [0.29, 0.717) is 10.7 Å². The number of anilines is 2. The van der Waals surface area contributed by atoms with Gasteiger partial charge in [0.15, 0.2) is 5.11 Å². The second-order valence-electron chi connectivity index (χ2n) is 6.36. The van der Waals surface area contributed by atoms with Crippen molar-refractivity contribution in [3.05, 3.63) is 45.3 Å². The molecule has 144 valence electrons. The van der Waals surface area contributed by atoms with E-state index in [0.717, 1.165) is 52.3 Å². The van der Waals surface area contributed by atoms with Gasteiger partial charge in [-0.25, -0.2) is 4.79 Å². The Labute approximate surface area is 173 Å². The topological polar surface area (TPSA) is 44.8 Å². The summed E-state index contributed by atoms with van der Waals surface area (Å²) in [7, 11) is 1.39. The number of carbonyl (C=O) groups is 1. The molecular formula is C19H22ClN3O2S2. The smallest absolute Gasteiger partial charge is 0.341 e. The van der Waals surface area contributed by atoms with Crippen molar-refractivity contribution in [1.82, 2.24) is 4.90 Å². The Morgan fingerprint density at radius 1 is 1.26 bits per heavy atom. The van der Waals surface area contributed by atoms with Gasteiger partial charge in [0.25, 0.3) is 0 Å². The zero-order chi connectivity index (χ0) is 19.6. The second kappa shape index (κ2) is 8.46. The van der Waals surface area contributed by atoms with Crippen LogP contribution in [-0.4, -0.2) is 49.3 Å². The Bertz CT molecular complexity index is 861. The Morgan fingerprint density at radius 3 is 2.59 bits per heavy atom. The third-order valence-electron chi connectivity index (χ3n) is 4.74. The van der Waals surface area contributed by atoms with E-state index in [1.807, 2.05) is 32.0 Å². The Kier molecular flexibility index (Phi) is 6.24. The summed E-state index contributed by atoms with van der Waals surface area (Å²) in [4.78, 5) is 17.6. The predicted octanol–water partition coefficient (Wildman–Crippen LogP) is 4.32. The van der Waals surface area contributed by atoms with Gasteiger partial charge < -0.3 is 19.9 Å². The minimum atomic E-state index is -0.340. The molecule has 0 radical (unpaired) electrons. The van der Waals surface area contributed by atoms with Gasteiger partial charge in [-0.05, 0) is 49.8 Å². The van der Waals surface area contributed by atoms with Gasteiger partial charge in [-0.2, -0.15) is 0 Å². The molecule has 1 fully saturated rings. The molecule has 0 unspecified atom stereocenters. The van der Waals surface area contributed by atoms with E-state index >= 15 is 0 Å². The van der Waals surface area contributed by atoms with Gasteiger partial charge in [0.2, 0.25) is 0 Å². The second-order valence-corrected chi connectivity index (χ2v) is 8.41. The molecule has 1 aliphatic rings. The maximum Gasteiger partial charge on any atom is 0.341 e. The molecule has 1 saturated heterocycles. The zero-order valence-corrected chi connectivity index (χ0v) is 17.9. The van der Waals surface area contributed by atoms with Gasteiger partial charge in [-0.3, -0.25) is 0 Å². The summed E-state index contributed by atoms with van der Waals surface area (Å²) in [5.74, 6) is -0.340. The quantitative estimate of drug-likeness (QED) is 0.585. The lowest BCUT2D eigenvalue weighted by Crippen LogP contribution is -2.50. The highest BCUT2D eigenvalue weighted by Gasteiger charge is 2.24. The lowest BCUT2D eigenvalue weighted by molar-refractivity contribution is 0.0601. The van der Waals surface area contributed by atoms with Crippen LogP contribution in [0.3, 0.4) is 0 Å². The van der Waals surface area contributed by atoms with Gasteiger partial charge in [-0.1, -0.05) is 17.7 Å². The van der Waals surface area contributed by atoms with Crippen LogP contribution in [0.4, 0.5) is 10.7 Å². The summed E-state index contributed by atoms with van der Waals surface area (Å²) in [6, 6.07) is 7.89. The van der Waals surface area contributed by atoms with Crippen LogP contribution in [0.5, 0.6) is 0 Å². The number of esters is 1. The van der Waals surface area contributed by atoms with Crippen molar-refractivity contribution in [2.45, 2.75) is 13.8 Å². The Balaban J connectivity index is 1.65. The van der Waals surface area contributed by atoms with Crippen molar-refractivity contribution in [3.63, 3.8) is 0 Å². The number of piperazine rings is 1. The molecule has 1 aromatic heterocycles. The molecule has 5 nitrogen and oxygen atoms in total. The van der Waals surface area contributed by atoms with Crippen molar-refractivity contribution >= 4 is 56.9 Å². The van der Waals surface area contributed by atoms with Gasteiger partial charge >= 0.3 is 5.97 Å². The predicted molar refractivity (Wildman–Crippen MR) is 117 cm³/mol. The maximum absolute atomic E-state index is 12.1. The Morgan fingerprint density at radius 2 is 1.96 bits per heavy atom. The fourth-order valence-corrected chi connectivity index (χ4v) is 4.66. The standard InChI is InChI=1S/C19H22ClN3O2S2/c1-12-13(2)27-17(16(12)18(24)25-3)21-19(26)23-9-7-22(8-10-23)15-6-4-5-14(20)11-15/h4-6,11H,7-10H2,1-3H3,(H,21,26). The van der Waals surface area contributed by atoms with Crippen LogP contribution in [0.2, 0.25) is 5.02 Å². The van der Waals surface area contributed by atoms with E-state index in [9.17, 15) is 4.79 Å². The van der Waals surface area contributed by atoms with Crippen LogP contribution in [0.1, 0.15) is 20.8 Å². The third-order valence-corrected chi connectivity index (χ3v) is 6.45. The van der Waals surface area contributed by atoms with Gasteiger partial charge in [0.1, 0.15) is 5.00 Å². The van der Waals surface area contributed by atoms with E-state index in [2.05, 4.69) is 21.2 Å². The number of nitrogens with one attached hydrogen (secondary N) is 1. The number of methoxy groups -OCH3 is 1. The number of aryl methyl sites for hydroxylation is 1. The molecule has 1 aliphatic heterocycles. The first-order valence-corrected chi connectivity index (χ1v) is 10.3. The maximum atomic E-state index is 12.1. The molecule has 3 rings (SSSR count). The number of thiocarbonyl (C=S) groups is 1. The summed E-state index contributed by atoms with van der Waals surface area (Å²) in [5, 5.41) is 5.38. The molecule has 1 aromatic carbocycles. The molecule has 2 heterocycles. The van der Waals surface area contributed by atoms with Crippen molar-refractivity contribution < 1.29 is 9.53 Å². The first kappa shape index (κ1) is 19.9. The summed E-state index contributed by atoms with van der Waals surface area (Å²) in [5.41, 5.74) is 2.63. The van der Waals surface area contributed by atoms with Crippen molar-refractivity contribution in [3.8, 4) is 0 Å². The van der Waals surface area contributed by atoms with Crippen molar-refractivity contribution in [2.24, 2.45) is 0 Å². The number of benzene rings is 1. The first-order valence-electron chi connectivity index (χ1n) is 8.65. The number of carbonyl (C=O) groups excluding carboxylic acids is 1. The fourth-order valence-electron chi connectivity index (χ4n) is 3.08.